The summed E-state index contributed by atoms with van der Waals surface area (Å²) in [4.78, 5) is 2.36. The predicted octanol–water partition coefficient (Wildman–Crippen LogP) is 3.29. The second kappa shape index (κ2) is 4.68. The summed E-state index contributed by atoms with van der Waals surface area (Å²) in [7, 11) is 2.18. The Labute approximate surface area is 113 Å². The molecule has 2 aliphatic rings. The maximum atomic E-state index is 5.36. The Morgan fingerprint density at radius 1 is 1.28 bits per heavy atom. The van der Waals surface area contributed by atoms with Gasteiger partial charge < -0.3 is 4.90 Å². The topological polar surface area (TPSA) is 36.9 Å². The average molecular weight is 266 g/mol. The van der Waals surface area contributed by atoms with Crippen LogP contribution in [0.2, 0.25) is 0 Å². The molecule has 0 aromatic carbocycles. The Morgan fingerprint density at radius 2 is 2.00 bits per heavy atom. The Bertz CT molecular complexity index is 474. The van der Waals surface area contributed by atoms with Crippen molar-refractivity contribution in [1.82, 2.24) is 14.8 Å². The molecule has 2 atom stereocenters. The van der Waals surface area contributed by atoms with E-state index in [1.54, 1.807) is 0 Å². The third-order valence-corrected chi connectivity index (χ3v) is 4.76. The second-order valence-corrected chi connectivity index (χ2v) is 6.26. The number of nitrogens with one attached hydrogen (secondary N) is 1. The standard InChI is InChI=1S/C13H22N4S/c1-9-5-3-4-6-11(9)16(2)12-14-15-13(18)17(12)10-7-8-10/h9-11H,3-8H2,1-2H3,(H,15,18). The van der Waals surface area contributed by atoms with Crippen molar-refractivity contribution >= 4 is 18.2 Å². The van der Waals surface area contributed by atoms with Crippen molar-refractivity contribution in [2.24, 2.45) is 5.92 Å². The van der Waals surface area contributed by atoms with Crippen LogP contribution in [0.3, 0.4) is 0 Å². The lowest BCUT2D eigenvalue weighted by molar-refractivity contribution is 0.318. The van der Waals surface area contributed by atoms with Gasteiger partial charge in [-0.1, -0.05) is 19.8 Å². The van der Waals surface area contributed by atoms with E-state index in [4.69, 9.17) is 12.2 Å². The van der Waals surface area contributed by atoms with Gasteiger partial charge in [0.1, 0.15) is 0 Å². The smallest absolute Gasteiger partial charge is 0.225 e. The molecule has 0 radical (unpaired) electrons. The van der Waals surface area contributed by atoms with E-state index in [0.29, 0.717) is 12.1 Å². The van der Waals surface area contributed by atoms with Crippen LogP contribution in [-0.4, -0.2) is 27.9 Å². The highest BCUT2D eigenvalue weighted by Crippen LogP contribution is 2.39. The zero-order valence-electron chi connectivity index (χ0n) is 11.2. The van der Waals surface area contributed by atoms with Crippen LogP contribution in [0, 0.1) is 10.7 Å². The SMILES string of the molecule is CC1CCCCC1N(C)c1n[nH]c(=S)n1C1CC1. The lowest BCUT2D eigenvalue weighted by atomic mass is 9.85. The summed E-state index contributed by atoms with van der Waals surface area (Å²) < 4.78 is 3.00. The molecule has 0 amide bonds. The molecule has 100 valence electrons. The molecule has 18 heavy (non-hydrogen) atoms. The highest BCUT2D eigenvalue weighted by molar-refractivity contribution is 7.71. The van der Waals surface area contributed by atoms with E-state index in [0.717, 1.165) is 16.6 Å². The molecule has 2 saturated carbocycles. The van der Waals surface area contributed by atoms with Crippen LogP contribution in [0.5, 0.6) is 0 Å². The first kappa shape index (κ1) is 12.2. The van der Waals surface area contributed by atoms with E-state index in [1.807, 2.05) is 0 Å². The highest BCUT2D eigenvalue weighted by Gasteiger charge is 2.32. The first-order valence-electron chi connectivity index (χ1n) is 7.08. The molecule has 2 aliphatic carbocycles. The molecular weight excluding hydrogens is 244 g/mol. The van der Waals surface area contributed by atoms with Crippen molar-refractivity contribution in [2.75, 3.05) is 11.9 Å². The van der Waals surface area contributed by atoms with E-state index in [2.05, 4.69) is 33.6 Å². The minimum absolute atomic E-state index is 0.590. The molecule has 0 bridgehead atoms. The number of nitrogens with zero attached hydrogens (tertiary/aromatic N) is 3. The van der Waals surface area contributed by atoms with E-state index < -0.39 is 0 Å². The van der Waals surface area contributed by atoms with Crippen molar-refractivity contribution < 1.29 is 0 Å². The minimum Gasteiger partial charge on any atom is -0.341 e. The lowest BCUT2D eigenvalue weighted by Crippen LogP contribution is -2.40. The minimum atomic E-state index is 0.590. The molecule has 0 aliphatic heterocycles. The number of anilines is 1. The van der Waals surface area contributed by atoms with E-state index in [9.17, 15) is 0 Å². The zero-order valence-corrected chi connectivity index (χ0v) is 12.0. The Kier molecular flexibility index (Phi) is 3.18. The molecule has 4 nitrogen and oxygen atoms in total. The summed E-state index contributed by atoms with van der Waals surface area (Å²) in [6.07, 6.45) is 7.82. The van der Waals surface area contributed by atoms with Crippen LogP contribution >= 0.6 is 12.2 Å². The first-order valence-corrected chi connectivity index (χ1v) is 7.49. The van der Waals surface area contributed by atoms with Gasteiger partial charge in [-0.05, 0) is 43.8 Å². The number of hydrogen-bond donors (Lipinski definition) is 1. The predicted molar refractivity (Wildman–Crippen MR) is 75.5 cm³/mol. The Balaban J connectivity index is 1.87. The van der Waals surface area contributed by atoms with Crippen molar-refractivity contribution in [1.29, 1.82) is 0 Å². The number of rotatable bonds is 3. The Morgan fingerprint density at radius 3 is 2.67 bits per heavy atom. The van der Waals surface area contributed by atoms with E-state index >= 15 is 0 Å². The summed E-state index contributed by atoms with van der Waals surface area (Å²) in [5, 5.41) is 7.43. The second-order valence-electron chi connectivity index (χ2n) is 5.87. The zero-order chi connectivity index (χ0) is 12.7. The molecule has 1 N–H and O–H groups in total. The molecule has 1 aromatic heterocycles. The van der Waals surface area contributed by atoms with Crippen molar-refractivity contribution in [3.8, 4) is 0 Å². The number of hydrogen-bond acceptors (Lipinski definition) is 3. The van der Waals surface area contributed by atoms with Gasteiger partial charge in [0, 0.05) is 19.1 Å². The first-order chi connectivity index (χ1) is 8.68. The molecule has 3 rings (SSSR count). The van der Waals surface area contributed by atoms with Gasteiger partial charge in [0.25, 0.3) is 0 Å². The fraction of sp³-hybridized carbons (Fsp3) is 0.846. The van der Waals surface area contributed by atoms with Crippen LogP contribution in [0.15, 0.2) is 0 Å². The van der Waals surface area contributed by atoms with E-state index in [-0.39, 0.29) is 0 Å². The molecule has 1 aromatic rings. The molecule has 0 saturated heterocycles. The third-order valence-electron chi connectivity index (χ3n) is 4.48. The average Bonchev–Trinajstić information content (AvgIpc) is 3.12. The summed E-state index contributed by atoms with van der Waals surface area (Å²) in [6, 6.07) is 1.20. The summed E-state index contributed by atoms with van der Waals surface area (Å²) >= 11 is 5.36. The van der Waals surface area contributed by atoms with Gasteiger partial charge in [0.2, 0.25) is 5.95 Å². The quantitative estimate of drug-likeness (QED) is 0.853. The van der Waals surface area contributed by atoms with Gasteiger partial charge in [0.05, 0.1) is 0 Å². The summed E-state index contributed by atoms with van der Waals surface area (Å²) in [6.45, 7) is 2.36. The largest absolute Gasteiger partial charge is 0.341 e. The molecule has 2 fully saturated rings. The maximum Gasteiger partial charge on any atom is 0.225 e. The third kappa shape index (κ3) is 2.09. The van der Waals surface area contributed by atoms with Gasteiger partial charge in [-0.15, -0.1) is 5.10 Å². The number of aromatic nitrogens is 3. The summed E-state index contributed by atoms with van der Waals surface area (Å²) in [5.74, 6) is 1.79. The van der Waals surface area contributed by atoms with Crippen LogP contribution in [-0.2, 0) is 0 Å². The van der Waals surface area contributed by atoms with Gasteiger partial charge in [-0.25, -0.2) is 5.10 Å². The van der Waals surface area contributed by atoms with Crippen LogP contribution < -0.4 is 4.90 Å². The lowest BCUT2D eigenvalue weighted by Gasteiger charge is -2.36. The normalized spacial score (nSPS) is 28.3. The maximum absolute atomic E-state index is 5.36. The van der Waals surface area contributed by atoms with Crippen LogP contribution in [0.1, 0.15) is 51.5 Å². The molecule has 0 spiro atoms. The number of H-pyrrole nitrogens is 1. The van der Waals surface area contributed by atoms with Crippen molar-refractivity contribution in [2.45, 2.75) is 57.5 Å². The summed E-state index contributed by atoms with van der Waals surface area (Å²) in [5.41, 5.74) is 0. The van der Waals surface area contributed by atoms with Crippen molar-refractivity contribution in [3.05, 3.63) is 4.77 Å². The van der Waals surface area contributed by atoms with Gasteiger partial charge in [-0.2, -0.15) is 0 Å². The van der Waals surface area contributed by atoms with Gasteiger partial charge in [-0.3, -0.25) is 4.57 Å². The van der Waals surface area contributed by atoms with Gasteiger partial charge >= 0.3 is 0 Å². The van der Waals surface area contributed by atoms with Gasteiger partial charge in [0.15, 0.2) is 4.77 Å². The van der Waals surface area contributed by atoms with Crippen LogP contribution in [0.25, 0.3) is 0 Å². The molecule has 1 heterocycles. The molecular formula is C13H22N4S. The van der Waals surface area contributed by atoms with Crippen LogP contribution in [0.4, 0.5) is 5.95 Å². The van der Waals surface area contributed by atoms with E-state index in [1.165, 1.54) is 38.5 Å². The fourth-order valence-electron chi connectivity index (χ4n) is 3.23. The molecule has 5 heteroatoms. The van der Waals surface area contributed by atoms with Crippen molar-refractivity contribution in [3.63, 3.8) is 0 Å². The highest BCUT2D eigenvalue weighted by atomic mass is 32.1. The monoisotopic (exact) mass is 266 g/mol. The fourth-order valence-corrected chi connectivity index (χ4v) is 3.50. The molecule has 2 unspecified atom stereocenters. The number of aromatic amines is 1. The Hall–Kier alpha value is -0.840.